The molecule has 0 saturated heterocycles. The van der Waals surface area contributed by atoms with E-state index in [1.54, 1.807) is 6.07 Å². The van der Waals surface area contributed by atoms with Crippen molar-refractivity contribution in [3.05, 3.63) is 23.8 Å². The van der Waals surface area contributed by atoms with Crippen LogP contribution in [0.2, 0.25) is 0 Å². The highest BCUT2D eigenvalue weighted by molar-refractivity contribution is 8.00. The molecule has 1 unspecified atom stereocenters. The van der Waals surface area contributed by atoms with Crippen molar-refractivity contribution in [2.45, 2.75) is 23.6 Å². The molecular formula is C12H12N2O3S. The molecule has 1 heterocycles. The Morgan fingerprint density at radius 3 is 3.06 bits per heavy atom. The molecule has 5 nitrogen and oxygen atoms in total. The van der Waals surface area contributed by atoms with E-state index in [1.165, 1.54) is 11.8 Å². The van der Waals surface area contributed by atoms with E-state index >= 15 is 0 Å². The second-order valence-electron chi connectivity index (χ2n) is 3.92. The number of carbonyl (C=O) groups is 3. The van der Waals surface area contributed by atoms with Gasteiger partial charge in [0.05, 0.1) is 10.9 Å². The highest BCUT2D eigenvalue weighted by atomic mass is 32.2. The normalized spacial score (nSPS) is 17.6. The van der Waals surface area contributed by atoms with Crippen molar-refractivity contribution in [2.75, 3.05) is 5.32 Å². The number of hydrogen-bond donors (Lipinski definition) is 2. The second kappa shape index (κ2) is 5.22. The van der Waals surface area contributed by atoms with Gasteiger partial charge in [0.2, 0.25) is 12.2 Å². The molecule has 2 rings (SSSR count). The van der Waals surface area contributed by atoms with Crippen molar-refractivity contribution in [1.82, 2.24) is 5.32 Å². The number of thioether (sulfide) groups is 1. The minimum absolute atomic E-state index is 0.0263. The Bertz CT molecular complexity index is 516. The fourth-order valence-corrected chi connectivity index (χ4v) is 2.53. The molecule has 6 heteroatoms. The van der Waals surface area contributed by atoms with E-state index < -0.39 is 5.91 Å². The largest absolute Gasteiger partial charge is 0.346 e. The van der Waals surface area contributed by atoms with Gasteiger partial charge in [-0.3, -0.25) is 14.4 Å². The van der Waals surface area contributed by atoms with Gasteiger partial charge in [0.25, 0.3) is 5.91 Å². The van der Waals surface area contributed by atoms with Crippen LogP contribution in [-0.4, -0.2) is 23.4 Å². The number of amides is 2. The lowest BCUT2D eigenvalue weighted by Gasteiger charge is -2.21. The van der Waals surface area contributed by atoms with Crippen LogP contribution in [-0.2, 0) is 20.9 Å². The predicted octanol–water partition coefficient (Wildman–Crippen LogP) is 0.934. The van der Waals surface area contributed by atoms with Crippen LogP contribution >= 0.6 is 11.8 Å². The molecule has 0 saturated carbocycles. The van der Waals surface area contributed by atoms with E-state index in [4.69, 9.17) is 0 Å². The number of hydrogen-bond acceptors (Lipinski definition) is 4. The topological polar surface area (TPSA) is 75.3 Å². The molecule has 1 aliphatic rings. The third-order valence-electron chi connectivity index (χ3n) is 2.55. The monoisotopic (exact) mass is 264 g/mol. The van der Waals surface area contributed by atoms with Crippen molar-refractivity contribution in [1.29, 1.82) is 0 Å². The number of carbonyl (C=O) groups excluding carboxylic acids is 3. The average Bonchev–Trinajstić information content (AvgIpc) is 2.37. The first-order valence-corrected chi connectivity index (χ1v) is 6.31. The molecule has 1 aromatic carbocycles. The van der Waals surface area contributed by atoms with Gasteiger partial charge in [-0.15, -0.1) is 11.8 Å². The lowest BCUT2D eigenvalue weighted by atomic mass is 10.2. The lowest BCUT2D eigenvalue weighted by molar-refractivity contribution is -0.131. The number of nitrogens with one attached hydrogen (secondary N) is 2. The first-order chi connectivity index (χ1) is 8.60. The Morgan fingerprint density at radius 1 is 1.56 bits per heavy atom. The van der Waals surface area contributed by atoms with Gasteiger partial charge in [-0.1, -0.05) is 6.07 Å². The average molecular weight is 264 g/mol. The summed E-state index contributed by atoms with van der Waals surface area (Å²) in [6.45, 7) is 2.11. The summed E-state index contributed by atoms with van der Waals surface area (Å²) in [5.74, 6) is -0.679. The summed E-state index contributed by atoms with van der Waals surface area (Å²) in [7, 11) is 0. The van der Waals surface area contributed by atoms with Gasteiger partial charge in [0.1, 0.15) is 0 Å². The summed E-state index contributed by atoms with van der Waals surface area (Å²) < 4.78 is 0. The number of rotatable bonds is 3. The van der Waals surface area contributed by atoms with Gasteiger partial charge in [-0.05, 0) is 24.6 Å². The molecule has 0 aromatic heterocycles. The molecule has 2 amide bonds. The SMILES string of the molecule is CC1Sc2ccc(CNC(=O)C=O)cc2NC1=O. The van der Waals surface area contributed by atoms with Crippen LogP contribution in [0.3, 0.4) is 0 Å². The van der Waals surface area contributed by atoms with Gasteiger partial charge in [0, 0.05) is 11.4 Å². The van der Waals surface area contributed by atoms with Crippen molar-refractivity contribution < 1.29 is 14.4 Å². The van der Waals surface area contributed by atoms with Crippen molar-refractivity contribution >= 4 is 35.5 Å². The van der Waals surface area contributed by atoms with E-state index in [1.807, 2.05) is 19.1 Å². The molecule has 18 heavy (non-hydrogen) atoms. The Morgan fingerprint density at radius 2 is 2.33 bits per heavy atom. The zero-order valence-corrected chi connectivity index (χ0v) is 10.5. The van der Waals surface area contributed by atoms with Crippen molar-refractivity contribution in [3.8, 4) is 0 Å². The summed E-state index contributed by atoms with van der Waals surface area (Å²) in [5.41, 5.74) is 1.58. The third-order valence-corrected chi connectivity index (χ3v) is 3.73. The third kappa shape index (κ3) is 2.70. The Labute approximate surface area is 108 Å². The molecule has 0 bridgehead atoms. The van der Waals surface area contributed by atoms with Crippen LogP contribution in [0.4, 0.5) is 5.69 Å². The highest BCUT2D eigenvalue weighted by Crippen LogP contribution is 2.35. The van der Waals surface area contributed by atoms with Crippen LogP contribution in [0.5, 0.6) is 0 Å². The van der Waals surface area contributed by atoms with E-state index in [-0.39, 0.29) is 24.0 Å². The fourth-order valence-electron chi connectivity index (χ4n) is 1.60. The zero-order valence-electron chi connectivity index (χ0n) is 9.73. The molecule has 1 atom stereocenters. The van der Waals surface area contributed by atoms with Crippen LogP contribution in [0.15, 0.2) is 23.1 Å². The maximum Gasteiger partial charge on any atom is 0.284 e. The zero-order chi connectivity index (χ0) is 13.1. The minimum Gasteiger partial charge on any atom is -0.346 e. The lowest BCUT2D eigenvalue weighted by Crippen LogP contribution is -2.27. The van der Waals surface area contributed by atoms with Gasteiger partial charge >= 0.3 is 0 Å². The van der Waals surface area contributed by atoms with Crippen LogP contribution in [0.1, 0.15) is 12.5 Å². The number of fused-ring (bicyclic) bond motifs is 1. The molecule has 1 aromatic rings. The highest BCUT2D eigenvalue weighted by Gasteiger charge is 2.22. The minimum atomic E-state index is -0.653. The number of benzene rings is 1. The summed E-state index contributed by atoms with van der Waals surface area (Å²) in [5, 5.41) is 5.16. The summed E-state index contributed by atoms with van der Waals surface area (Å²) in [6, 6.07) is 5.57. The van der Waals surface area contributed by atoms with Gasteiger partial charge in [0.15, 0.2) is 0 Å². The van der Waals surface area contributed by atoms with Crippen LogP contribution in [0.25, 0.3) is 0 Å². The molecule has 0 spiro atoms. The molecule has 0 aliphatic carbocycles. The van der Waals surface area contributed by atoms with Gasteiger partial charge in [-0.25, -0.2) is 0 Å². The summed E-state index contributed by atoms with van der Waals surface area (Å²) in [6.07, 6.45) is 0.234. The maximum absolute atomic E-state index is 11.5. The standard InChI is InChI=1S/C12H12N2O3S/c1-7-12(17)14-9-4-8(2-3-10(9)18-7)5-13-11(16)6-15/h2-4,6-7H,5H2,1H3,(H,13,16)(H,14,17). The number of anilines is 1. The van der Waals surface area contributed by atoms with E-state index in [9.17, 15) is 14.4 Å². The van der Waals surface area contributed by atoms with E-state index in [0.29, 0.717) is 0 Å². The first kappa shape index (κ1) is 12.6. The molecular weight excluding hydrogens is 252 g/mol. The van der Waals surface area contributed by atoms with Gasteiger partial charge in [-0.2, -0.15) is 0 Å². The van der Waals surface area contributed by atoms with Crippen LogP contribution in [0, 0.1) is 0 Å². The van der Waals surface area contributed by atoms with Crippen molar-refractivity contribution in [2.24, 2.45) is 0 Å². The predicted molar refractivity (Wildman–Crippen MR) is 68.3 cm³/mol. The Balaban J connectivity index is 2.12. The summed E-state index contributed by atoms with van der Waals surface area (Å²) >= 11 is 1.50. The molecule has 0 fully saturated rings. The fraction of sp³-hybridized carbons (Fsp3) is 0.250. The Hall–Kier alpha value is -1.82. The first-order valence-electron chi connectivity index (χ1n) is 5.43. The number of aldehydes is 1. The Kier molecular flexibility index (Phi) is 3.66. The molecule has 2 N–H and O–H groups in total. The second-order valence-corrected chi connectivity index (χ2v) is 5.30. The van der Waals surface area contributed by atoms with Crippen molar-refractivity contribution in [3.63, 3.8) is 0 Å². The molecule has 1 aliphatic heterocycles. The molecule has 0 radical (unpaired) electrons. The van der Waals surface area contributed by atoms with Gasteiger partial charge < -0.3 is 10.6 Å². The smallest absolute Gasteiger partial charge is 0.284 e. The molecule has 94 valence electrons. The maximum atomic E-state index is 11.5. The quantitative estimate of drug-likeness (QED) is 0.629. The van der Waals surface area contributed by atoms with Crippen LogP contribution < -0.4 is 10.6 Å². The summed E-state index contributed by atoms with van der Waals surface area (Å²) in [4.78, 5) is 33.5. The van der Waals surface area contributed by atoms with E-state index in [0.717, 1.165) is 16.1 Å². The van der Waals surface area contributed by atoms with E-state index in [2.05, 4.69) is 10.6 Å².